The Hall–Kier alpha value is -1.65. The Morgan fingerprint density at radius 2 is 1.84 bits per heavy atom. The second-order valence-electron chi connectivity index (χ2n) is 5.03. The van der Waals surface area contributed by atoms with Crippen LogP contribution in [0.25, 0.3) is 0 Å². The lowest BCUT2D eigenvalue weighted by Gasteiger charge is -2.34. The van der Waals surface area contributed by atoms with Gasteiger partial charge >= 0.3 is 5.97 Å². The number of aliphatic carboxylic acids is 1. The van der Waals surface area contributed by atoms with Gasteiger partial charge in [0.2, 0.25) is 0 Å². The minimum absolute atomic E-state index is 0.254. The second kappa shape index (κ2) is 5.15. The third-order valence-corrected chi connectivity index (χ3v) is 3.91. The van der Waals surface area contributed by atoms with Crippen LogP contribution in [-0.2, 0) is 10.2 Å². The Bertz CT molecular complexity index is 480. The number of phenolic OH excluding ortho intramolecular Hbond substituents is 1. The molecule has 2 N–H and O–H groups in total. The third kappa shape index (κ3) is 2.41. The van der Waals surface area contributed by atoms with Crippen LogP contribution >= 0.6 is 0 Å². The first-order valence-electron chi connectivity index (χ1n) is 6.32. The SMILES string of the molecule is O=C(O)C1(c2ccc(C(F)F)cc2O)CCCCC1. The van der Waals surface area contributed by atoms with Gasteiger partial charge in [-0.3, -0.25) is 4.79 Å². The Labute approximate surface area is 109 Å². The molecule has 1 saturated carbocycles. The number of carbonyl (C=O) groups is 1. The maximum atomic E-state index is 12.5. The van der Waals surface area contributed by atoms with E-state index in [9.17, 15) is 23.8 Å². The van der Waals surface area contributed by atoms with Crippen LogP contribution in [-0.4, -0.2) is 16.2 Å². The van der Waals surface area contributed by atoms with E-state index in [0.29, 0.717) is 12.8 Å². The molecule has 0 aromatic heterocycles. The molecule has 0 unspecified atom stereocenters. The summed E-state index contributed by atoms with van der Waals surface area (Å²) in [6, 6.07) is 3.49. The van der Waals surface area contributed by atoms with Crippen molar-refractivity contribution in [1.29, 1.82) is 0 Å². The van der Waals surface area contributed by atoms with E-state index in [-0.39, 0.29) is 16.9 Å². The van der Waals surface area contributed by atoms with Crippen molar-refractivity contribution in [2.45, 2.75) is 43.9 Å². The van der Waals surface area contributed by atoms with Crippen LogP contribution in [0.4, 0.5) is 8.78 Å². The van der Waals surface area contributed by atoms with E-state index in [4.69, 9.17) is 0 Å². The highest BCUT2D eigenvalue weighted by molar-refractivity contribution is 5.82. The molecule has 0 bridgehead atoms. The number of phenols is 1. The fraction of sp³-hybridized carbons (Fsp3) is 0.500. The summed E-state index contributed by atoms with van der Waals surface area (Å²) in [7, 11) is 0. The van der Waals surface area contributed by atoms with E-state index < -0.39 is 17.8 Å². The highest BCUT2D eigenvalue weighted by Gasteiger charge is 2.43. The van der Waals surface area contributed by atoms with E-state index in [1.165, 1.54) is 12.1 Å². The predicted molar refractivity (Wildman–Crippen MR) is 65.5 cm³/mol. The Kier molecular flexibility index (Phi) is 3.73. The smallest absolute Gasteiger partial charge is 0.314 e. The van der Waals surface area contributed by atoms with Gasteiger partial charge < -0.3 is 10.2 Å². The van der Waals surface area contributed by atoms with Gasteiger partial charge in [-0.15, -0.1) is 0 Å². The van der Waals surface area contributed by atoms with Gasteiger partial charge in [0, 0.05) is 11.1 Å². The van der Waals surface area contributed by atoms with Crippen molar-refractivity contribution >= 4 is 5.97 Å². The average molecular weight is 270 g/mol. The van der Waals surface area contributed by atoms with Gasteiger partial charge in [0.15, 0.2) is 0 Å². The molecular weight excluding hydrogens is 254 g/mol. The summed E-state index contributed by atoms with van der Waals surface area (Å²) in [5, 5.41) is 19.4. The van der Waals surface area contributed by atoms with Crippen molar-refractivity contribution < 1.29 is 23.8 Å². The van der Waals surface area contributed by atoms with Crippen LogP contribution < -0.4 is 0 Å². The van der Waals surface area contributed by atoms with E-state index in [0.717, 1.165) is 25.3 Å². The van der Waals surface area contributed by atoms with E-state index in [1.54, 1.807) is 0 Å². The minimum atomic E-state index is -2.67. The summed E-state index contributed by atoms with van der Waals surface area (Å²) >= 11 is 0. The lowest BCUT2D eigenvalue weighted by Crippen LogP contribution is -2.37. The van der Waals surface area contributed by atoms with Crippen molar-refractivity contribution in [2.75, 3.05) is 0 Å². The topological polar surface area (TPSA) is 57.5 Å². The fourth-order valence-corrected chi connectivity index (χ4v) is 2.84. The zero-order chi connectivity index (χ0) is 14.0. The number of hydrogen-bond acceptors (Lipinski definition) is 2. The second-order valence-corrected chi connectivity index (χ2v) is 5.03. The molecule has 0 spiro atoms. The molecule has 0 heterocycles. The van der Waals surface area contributed by atoms with E-state index >= 15 is 0 Å². The Morgan fingerprint density at radius 1 is 1.21 bits per heavy atom. The standard InChI is InChI=1S/C14H16F2O3/c15-12(16)9-4-5-10(11(17)8-9)14(13(18)19)6-2-1-3-7-14/h4-5,8,12,17H,1-3,6-7H2,(H,18,19). The summed E-state index contributed by atoms with van der Waals surface area (Å²) < 4.78 is 25.1. The monoisotopic (exact) mass is 270 g/mol. The van der Waals surface area contributed by atoms with Gasteiger partial charge in [0.05, 0.1) is 5.41 Å². The van der Waals surface area contributed by atoms with Gasteiger partial charge in [0.1, 0.15) is 5.75 Å². The van der Waals surface area contributed by atoms with Crippen molar-refractivity contribution in [3.05, 3.63) is 29.3 Å². The normalized spacial score (nSPS) is 18.5. The molecule has 0 amide bonds. The maximum Gasteiger partial charge on any atom is 0.314 e. The third-order valence-electron chi connectivity index (χ3n) is 3.91. The van der Waals surface area contributed by atoms with Gasteiger partial charge in [-0.05, 0) is 18.9 Å². The summed E-state index contributed by atoms with van der Waals surface area (Å²) in [5.41, 5.74) is -1.18. The van der Waals surface area contributed by atoms with Gasteiger partial charge in [-0.25, -0.2) is 8.78 Å². The molecule has 3 nitrogen and oxygen atoms in total. The quantitative estimate of drug-likeness (QED) is 0.882. The Balaban J connectivity index is 2.45. The number of hydrogen-bond donors (Lipinski definition) is 2. The zero-order valence-electron chi connectivity index (χ0n) is 10.4. The lowest BCUT2D eigenvalue weighted by molar-refractivity contribution is -0.145. The number of aromatic hydroxyl groups is 1. The van der Waals surface area contributed by atoms with Gasteiger partial charge in [-0.2, -0.15) is 0 Å². The number of benzene rings is 1. The zero-order valence-corrected chi connectivity index (χ0v) is 10.4. The number of carboxylic acids is 1. The molecule has 0 radical (unpaired) electrons. The van der Waals surface area contributed by atoms with Crippen molar-refractivity contribution in [3.8, 4) is 5.75 Å². The van der Waals surface area contributed by atoms with Crippen molar-refractivity contribution in [2.24, 2.45) is 0 Å². The molecule has 1 aliphatic rings. The highest BCUT2D eigenvalue weighted by Crippen LogP contribution is 2.44. The first-order chi connectivity index (χ1) is 8.97. The van der Waals surface area contributed by atoms with Gasteiger partial charge in [-0.1, -0.05) is 31.4 Å². The fourth-order valence-electron chi connectivity index (χ4n) is 2.84. The summed E-state index contributed by atoms with van der Waals surface area (Å²) in [6.07, 6.45) is 0.691. The minimum Gasteiger partial charge on any atom is -0.508 e. The number of alkyl halides is 2. The molecule has 0 aliphatic heterocycles. The largest absolute Gasteiger partial charge is 0.508 e. The molecule has 0 atom stereocenters. The van der Waals surface area contributed by atoms with Crippen LogP contribution in [0.1, 0.15) is 49.7 Å². The van der Waals surface area contributed by atoms with Crippen LogP contribution in [0.3, 0.4) is 0 Å². The molecule has 5 heteroatoms. The average Bonchev–Trinajstić information content (AvgIpc) is 2.39. The number of rotatable bonds is 3. The number of carboxylic acid groups (broad SMARTS) is 1. The van der Waals surface area contributed by atoms with Crippen molar-refractivity contribution in [3.63, 3.8) is 0 Å². The molecule has 1 aliphatic carbocycles. The molecule has 1 aromatic carbocycles. The highest BCUT2D eigenvalue weighted by atomic mass is 19.3. The first kappa shape index (κ1) is 13.8. The van der Waals surface area contributed by atoms with Gasteiger partial charge in [0.25, 0.3) is 6.43 Å². The van der Waals surface area contributed by atoms with E-state index in [1.807, 2.05) is 0 Å². The first-order valence-corrected chi connectivity index (χ1v) is 6.32. The summed E-state index contributed by atoms with van der Waals surface area (Å²) in [5.74, 6) is -1.34. The summed E-state index contributed by atoms with van der Waals surface area (Å²) in [6.45, 7) is 0. The molecular formula is C14H16F2O3. The van der Waals surface area contributed by atoms with Crippen LogP contribution in [0.5, 0.6) is 5.75 Å². The molecule has 2 rings (SSSR count). The summed E-state index contributed by atoms with van der Waals surface area (Å²) in [4.78, 5) is 11.6. The molecule has 0 saturated heterocycles. The molecule has 19 heavy (non-hydrogen) atoms. The number of halogens is 2. The Morgan fingerprint density at radius 3 is 2.32 bits per heavy atom. The molecule has 1 aromatic rings. The molecule has 104 valence electrons. The van der Waals surface area contributed by atoms with Crippen LogP contribution in [0, 0.1) is 0 Å². The lowest BCUT2D eigenvalue weighted by atomic mass is 9.69. The predicted octanol–water partition coefficient (Wildman–Crippen LogP) is 3.62. The van der Waals surface area contributed by atoms with Crippen LogP contribution in [0.15, 0.2) is 18.2 Å². The maximum absolute atomic E-state index is 12.5. The molecule has 1 fully saturated rings. The van der Waals surface area contributed by atoms with Crippen molar-refractivity contribution in [1.82, 2.24) is 0 Å². The van der Waals surface area contributed by atoms with Crippen LogP contribution in [0.2, 0.25) is 0 Å². The van der Waals surface area contributed by atoms with E-state index in [2.05, 4.69) is 0 Å².